The van der Waals surface area contributed by atoms with Gasteiger partial charge in [0.2, 0.25) is 0 Å². The van der Waals surface area contributed by atoms with Crippen molar-refractivity contribution in [2.75, 3.05) is 5.73 Å². The zero-order valence-electron chi connectivity index (χ0n) is 14.0. The molecule has 0 saturated heterocycles. The van der Waals surface area contributed by atoms with Gasteiger partial charge in [0.15, 0.2) is 0 Å². The fourth-order valence-electron chi connectivity index (χ4n) is 2.50. The van der Waals surface area contributed by atoms with Crippen LogP contribution in [-0.2, 0) is 24.4 Å². The van der Waals surface area contributed by atoms with E-state index in [1.54, 1.807) is 11.3 Å². The molecule has 0 saturated carbocycles. The molecule has 0 spiro atoms. The van der Waals surface area contributed by atoms with Crippen molar-refractivity contribution in [2.45, 2.75) is 33.5 Å². The molecule has 3 rings (SSSR count). The van der Waals surface area contributed by atoms with Crippen LogP contribution in [0.2, 0.25) is 0 Å². The molecule has 0 fully saturated rings. The standard InChI is InChI=1S/C19H21N3OS/c1-13-17(8-16-9-21-14(2)22-19(16)20)12-24-18(13)11-23-10-15-6-4-3-5-7-15/h3-7,9,12H,8,10-11H2,1-2H3,(H2,20,21,22). The number of hydrogen-bond acceptors (Lipinski definition) is 5. The van der Waals surface area contributed by atoms with E-state index in [1.165, 1.54) is 21.6 Å². The molecule has 0 aliphatic heterocycles. The SMILES string of the molecule is Cc1ncc(Cc2csc(COCc3ccccc3)c2C)c(N)n1. The van der Waals surface area contributed by atoms with Gasteiger partial charge < -0.3 is 10.5 Å². The van der Waals surface area contributed by atoms with Crippen LogP contribution in [0.15, 0.2) is 41.9 Å². The van der Waals surface area contributed by atoms with E-state index in [2.05, 4.69) is 34.4 Å². The van der Waals surface area contributed by atoms with Crippen molar-refractivity contribution in [1.82, 2.24) is 9.97 Å². The molecule has 0 atom stereocenters. The molecule has 4 nitrogen and oxygen atoms in total. The van der Waals surface area contributed by atoms with E-state index in [-0.39, 0.29) is 0 Å². The third-order valence-electron chi connectivity index (χ3n) is 3.99. The van der Waals surface area contributed by atoms with Crippen molar-refractivity contribution in [2.24, 2.45) is 0 Å². The zero-order chi connectivity index (χ0) is 16.9. The molecule has 0 bridgehead atoms. The first-order chi connectivity index (χ1) is 11.6. The summed E-state index contributed by atoms with van der Waals surface area (Å²) in [4.78, 5) is 9.74. The van der Waals surface area contributed by atoms with Crippen LogP contribution in [0.25, 0.3) is 0 Å². The van der Waals surface area contributed by atoms with Crippen LogP contribution < -0.4 is 5.73 Å². The predicted molar refractivity (Wildman–Crippen MR) is 98.0 cm³/mol. The Morgan fingerprint density at radius 1 is 1.08 bits per heavy atom. The highest BCUT2D eigenvalue weighted by Crippen LogP contribution is 2.26. The van der Waals surface area contributed by atoms with Gasteiger partial charge in [0.1, 0.15) is 11.6 Å². The third kappa shape index (κ3) is 3.99. The van der Waals surface area contributed by atoms with E-state index < -0.39 is 0 Å². The van der Waals surface area contributed by atoms with Gasteiger partial charge in [-0.3, -0.25) is 0 Å². The van der Waals surface area contributed by atoms with E-state index in [1.807, 2.05) is 31.3 Å². The summed E-state index contributed by atoms with van der Waals surface area (Å²) in [6, 6.07) is 10.2. The first kappa shape index (κ1) is 16.6. The Morgan fingerprint density at radius 2 is 1.88 bits per heavy atom. The maximum atomic E-state index is 6.00. The Morgan fingerprint density at radius 3 is 2.62 bits per heavy atom. The second kappa shape index (κ2) is 7.55. The smallest absolute Gasteiger partial charge is 0.130 e. The van der Waals surface area contributed by atoms with E-state index >= 15 is 0 Å². The minimum absolute atomic E-state index is 0.565. The molecular weight excluding hydrogens is 318 g/mol. The van der Waals surface area contributed by atoms with E-state index in [9.17, 15) is 0 Å². The second-order valence-corrected chi connectivity index (χ2v) is 6.76. The zero-order valence-corrected chi connectivity index (χ0v) is 14.8. The fourth-order valence-corrected chi connectivity index (χ4v) is 3.51. The van der Waals surface area contributed by atoms with Crippen molar-refractivity contribution in [1.29, 1.82) is 0 Å². The molecule has 2 aromatic heterocycles. The lowest BCUT2D eigenvalue weighted by molar-refractivity contribution is 0.109. The van der Waals surface area contributed by atoms with Crippen LogP contribution in [0.3, 0.4) is 0 Å². The van der Waals surface area contributed by atoms with Crippen molar-refractivity contribution in [3.63, 3.8) is 0 Å². The monoisotopic (exact) mass is 339 g/mol. The minimum atomic E-state index is 0.565. The summed E-state index contributed by atoms with van der Waals surface area (Å²) in [5, 5.41) is 2.18. The lowest BCUT2D eigenvalue weighted by Gasteiger charge is -2.07. The average Bonchev–Trinajstić information content (AvgIpc) is 2.92. The van der Waals surface area contributed by atoms with Gasteiger partial charge in [0.25, 0.3) is 0 Å². The number of anilines is 1. The van der Waals surface area contributed by atoms with Gasteiger partial charge in [-0.2, -0.15) is 0 Å². The van der Waals surface area contributed by atoms with Crippen LogP contribution in [-0.4, -0.2) is 9.97 Å². The Hall–Kier alpha value is -2.24. The van der Waals surface area contributed by atoms with Crippen molar-refractivity contribution >= 4 is 17.2 Å². The molecule has 5 heteroatoms. The number of hydrogen-bond donors (Lipinski definition) is 1. The Kier molecular flexibility index (Phi) is 5.23. The van der Waals surface area contributed by atoms with Crippen LogP contribution in [0.1, 0.15) is 33.0 Å². The van der Waals surface area contributed by atoms with Crippen LogP contribution in [0, 0.1) is 13.8 Å². The fraction of sp³-hybridized carbons (Fsp3) is 0.263. The van der Waals surface area contributed by atoms with Gasteiger partial charge in [-0.05, 0) is 35.9 Å². The van der Waals surface area contributed by atoms with Crippen LogP contribution >= 0.6 is 11.3 Å². The molecule has 2 heterocycles. The number of nitrogen functional groups attached to an aromatic ring is 1. The highest BCUT2D eigenvalue weighted by molar-refractivity contribution is 7.10. The molecule has 1 aromatic carbocycles. The van der Waals surface area contributed by atoms with Gasteiger partial charge in [0.05, 0.1) is 13.2 Å². The molecule has 0 amide bonds. The van der Waals surface area contributed by atoms with E-state index in [0.29, 0.717) is 24.9 Å². The van der Waals surface area contributed by atoms with Crippen molar-refractivity contribution < 1.29 is 4.74 Å². The topological polar surface area (TPSA) is 61.0 Å². The number of nitrogens with zero attached hydrogens (tertiary/aromatic N) is 2. The number of rotatable bonds is 6. The summed E-state index contributed by atoms with van der Waals surface area (Å²) < 4.78 is 5.85. The molecule has 0 unspecified atom stereocenters. The van der Waals surface area contributed by atoms with Gasteiger partial charge in [-0.25, -0.2) is 9.97 Å². The van der Waals surface area contributed by atoms with Crippen LogP contribution in [0.5, 0.6) is 0 Å². The predicted octanol–water partition coefficient (Wildman–Crippen LogP) is 4.04. The Bertz CT molecular complexity index is 815. The molecule has 2 N–H and O–H groups in total. The molecule has 0 radical (unpaired) electrons. The number of aromatic nitrogens is 2. The van der Waals surface area contributed by atoms with Crippen molar-refractivity contribution in [3.8, 4) is 0 Å². The summed E-state index contributed by atoms with van der Waals surface area (Å²) in [5.41, 5.74) is 10.7. The maximum absolute atomic E-state index is 6.00. The highest BCUT2D eigenvalue weighted by atomic mass is 32.1. The summed E-state index contributed by atoms with van der Waals surface area (Å²) in [6.07, 6.45) is 2.58. The normalized spacial score (nSPS) is 10.9. The minimum Gasteiger partial charge on any atom is -0.383 e. The Labute approximate surface area is 146 Å². The lowest BCUT2D eigenvalue weighted by Crippen LogP contribution is -2.02. The van der Waals surface area contributed by atoms with Gasteiger partial charge >= 0.3 is 0 Å². The maximum Gasteiger partial charge on any atom is 0.130 e. The molecule has 124 valence electrons. The number of aryl methyl sites for hydroxylation is 1. The van der Waals surface area contributed by atoms with Gasteiger partial charge in [0, 0.05) is 23.1 Å². The number of thiophene rings is 1. The summed E-state index contributed by atoms with van der Waals surface area (Å²) in [6.45, 7) is 5.24. The third-order valence-corrected chi connectivity index (χ3v) is 5.10. The Balaban J connectivity index is 1.63. The van der Waals surface area contributed by atoms with Crippen molar-refractivity contribution in [3.05, 3.63) is 74.9 Å². The molecule has 0 aliphatic carbocycles. The second-order valence-electron chi connectivity index (χ2n) is 5.79. The molecule has 3 aromatic rings. The molecule has 0 aliphatic rings. The quantitative estimate of drug-likeness (QED) is 0.736. The highest BCUT2D eigenvalue weighted by Gasteiger charge is 2.11. The van der Waals surface area contributed by atoms with Gasteiger partial charge in [-0.15, -0.1) is 11.3 Å². The number of ether oxygens (including phenoxy) is 1. The van der Waals surface area contributed by atoms with Crippen LogP contribution in [0.4, 0.5) is 5.82 Å². The lowest BCUT2D eigenvalue weighted by atomic mass is 10.1. The largest absolute Gasteiger partial charge is 0.383 e. The summed E-state index contributed by atoms with van der Waals surface area (Å²) in [5.74, 6) is 1.27. The summed E-state index contributed by atoms with van der Waals surface area (Å²) in [7, 11) is 0. The first-order valence-electron chi connectivity index (χ1n) is 7.89. The molecular formula is C19H21N3OS. The first-order valence-corrected chi connectivity index (χ1v) is 8.77. The average molecular weight is 339 g/mol. The number of nitrogens with two attached hydrogens (primary N) is 1. The molecule has 24 heavy (non-hydrogen) atoms. The van der Waals surface area contributed by atoms with E-state index in [4.69, 9.17) is 10.5 Å². The van der Waals surface area contributed by atoms with Gasteiger partial charge in [-0.1, -0.05) is 30.3 Å². The summed E-state index contributed by atoms with van der Waals surface area (Å²) >= 11 is 1.73. The van der Waals surface area contributed by atoms with E-state index in [0.717, 1.165) is 12.0 Å². The number of benzene rings is 1.